The number of carbonyl (C=O) groups excluding carboxylic acids is 1. The maximum absolute atomic E-state index is 13.1. The quantitative estimate of drug-likeness (QED) is 0.726. The molecule has 0 aliphatic heterocycles. The fraction of sp³-hybridized carbons (Fsp3) is 0.150. The van der Waals surface area contributed by atoms with E-state index < -0.39 is 5.56 Å². The molecule has 0 aliphatic rings. The van der Waals surface area contributed by atoms with E-state index in [2.05, 4.69) is 10.4 Å². The van der Waals surface area contributed by atoms with Crippen molar-refractivity contribution >= 4 is 5.91 Å². The first-order valence-electron chi connectivity index (χ1n) is 8.29. The Bertz CT molecular complexity index is 1000. The van der Waals surface area contributed by atoms with Crippen molar-refractivity contribution in [3.63, 3.8) is 0 Å². The molecule has 3 aromatic rings. The van der Waals surface area contributed by atoms with E-state index in [-0.39, 0.29) is 24.8 Å². The lowest BCUT2D eigenvalue weighted by Crippen LogP contribution is -2.33. The van der Waals surface area contributed by atoms with Gasteiger partial charge >= 0.3 is 0 Å². The molecule has 0 aliphatic carbocycles. The molecule has 6 nitrogen and oxygen atoms in total. The van der Waals surface area contributed by atoms with Gasteiger partial charge in [-0.05, 0) is 36.4 Å². The number of nitrogens with one attached hydrogen (secondary N) is 1. The van der Waals surface area contributed by atoms with Gasteiger partial charge in [-0.15, -0.1) is 0 Å². The van der Waals surface area contributed by atoms with Crippen molar-refractivity contribution < 1.29 is 13.9 Å². The van der Waals surface area contributed by atoms with Gasteiger partial charge < -0.3 is 10.1 Å². The third-order valence-electron chi connectivity index (χ3n) is 3.97. The largest absolute Gasteiger partial charge is 0.496 e. The number of rotatable bonds is 6. The van der Waals surface area contributed by atoms with Crippen molar-refractivity contribution in [3.05, 3.63) is 82.4 Å². The van der Waals surface area contributed by atoms with Gasteiger partial charge in [-0.1, -0.05) is 18.2 Å². The average Bonchev–Trinajstić information content (AvgIpc) is 2.69. The zero-order chi connectivity index (χ0) is 19.2. The molecule has 1 aromatic heterocycles. The van der Waals surface area contributed by atoms with Crippen molar-refractivity contribution in [3.8, 4) is 17.0 Å². The normalized spacial score (nSPS) is 10.4. The van der Waals surface area contributed by atoms with E-state index in [4.69, 9.17) is 4.74 Å². The highest BCUT2D eigenvalue weighted by Crippen LogP contribution is 2.17. The molecule has 0 saturated heterocycles. The smallest absolute Gasteiger partial charge is 0.267 e. The maximum atomic E-state index is 13.1. The number of amides is 1. The lowest BCUT2D eigenvalue weighted by molar-refractivity contribution is -0.122. The van der Waals surface area contributed by atoms with E-state index >= 15 is 0 Å². The van der Waals surface area contributed by atoms with Crippen LogP contribution in [0.25, 0.3) is 11.3 Å². The molecule has 7 heteroatoms. The Balaban J connectivity index is 1.71. The van der Waals surface area contributed by atoms with E-state index in [0.29, 0.717) is 17.0 Å². The number of benzene rings is 2. The number of methoxy groups -OCH3 is 1. The Kier molecular flexibility index (Phi) is 5.61. The summed E-state index contributed by atoms with van der Waals surface area (Å²) in [6.45, 7) is 0.0538. The summed E-state index contributed by atoms with van der Waals surface area (Å²) in [5, 5.41) is 6.94. The number of para-hydroxylation sites is 1. The van der Waals surface area contributed by atoms with Crippen LogP contribution in [0.5, 0.6) is 5.75 Å². The van der Waals surface area contributed by atoms with E-state index in [1.54, 1.807) is 31.4 Å². The Morgan fingerprint density at radius 2 is 1.85 bits per heavy atom. The second kappa shape index (κ2) is 8.27. The summed E-state index contributed by atoms with van der Waals surface area (Å²) in [5.74, 6) is -0.0408. The van der Waals surface area contributed by atoms with Crippen LogP contribution in [0.2, 0.25) is 0 Å². The molecule has 1 amide bonds. The lowest BCUT2D eigenvalue weighted by Gasteiger charge is -2.10. The van der Waals surface area contributed by atoms with Crippen LogP contribution >= 0.6 is 0 Å². The molecule has 1 heterocycles. The Morgan fingerprint density at radius 3 is 2.59 bits per heavy atom. The predicted octanol–water partition coefficient (Wildman–Crippen LogP) is 2.37. The van der Waals surface area contributed by atoms with Gasteiger partial charge in [-0.25, -0.2) is 9.07 Å². The minimum Gasteiger partial charge on any atom is -0.496 e. The molecule has 1 N–H and O–H groups in total. The van der Waals surface area contributed by atoms with Crippen LogP contribution in [0.15, 0.2) is 65.5 Å². The number of halogens is 1. The Labute approximate surface area is 155 Å². The number of carbonyl (C=O) groups is 1. The molecule has 0 atom stereocenters. The first-order chi connectivity index (χ1) is 13.1. The predicted molar refractivity (Wildman–Crippen MR) is 98.7 cm³/mol. The van der Waals surface area contributed by atoms with Gasteiger partial charge in [0, 0.05) is 23.7 Å². The average molecular weight is 367 g/mol. The minimum absolute atomic E-state index is 0.219. The molecule has 0 radical (unpaired) electrons. The molecule has 0 saturated carbocycles. The molecule has 3 rings (SSSR count). The van der Waals surface area contributed by atoms with Crippen LogP contribution in [0.3, 0.4) is 0 Å². The summed E-state index contributed by atoms with van der Waals surface area (Å²) in [6.07, 6.45) is 0. The van der Waals surface area contributed by atoms with Gasteiger partial charge in [0.2, 0.25) is 5.91 Å². The highest BCUT2D eigenvalue weighted by molar-refractivity contribution is 5.75. The van der Waals surface area contributed by atoms with Gasteiger partial charge in [0.1, 0.15) is 18.1 Å². The van der Waals surface area contributed by atoms with Crippen molar-refractivity contribution in [2.75, 3.05) is 7.11 Å². The molecule has 138 valence electrons. The van der Waals surface area contributed by atoms with Gasteiger partial charge in [-0.3, -0.25) is 9.59 Å². The summed E-state index contributed by atoms with van der Waals surface area (Å²) in [7, 11) is 1.56. The van der Waals surface area contributed by atoms with Crippen molar-refractivity contribution in [2.24, 2.45) is 0 Å². The van der Waals surface area contributed by atoms with Crippen LogP contribution < -0.4 is 15.6 Å². The Morgan fingerprint density at radius 1 is 1.11 bits per heavy atom. The van der Waals surface area contributed by atoms with E-state index in [9.17, 15) is 14.0 Å². The summed E-state index contributed by atoms with van der Waals surface area (Å²) in [5.41, 5.74) is 1.56. The lowest BCUT2D eigenvalue weighted by atomic mass is 10.1. The van der Waals surface area contributed by atoms with E-state index in [1.165, 1.54) is 18.2 Å². The van der Waals surface area contributed by atoms with Gasteiger partial charge in [0.25, 0.3) is 5.56 Å². The van der Waals surface area contributed by atoms with Crippen molar-refractivity contribution in [1.29, 1.82) is 0 Å². The summed E-state index contributed by atoms with van der Waals surface area (Å²) >= 11 is 0. The van der Waals surface area contributed by atoms with Crippen LogP contribution in [-0.4, -0.2) is 22.8 Å². The minimum atomic E-state index is -0.395. The zero-order valence-electron chi connectivity index (χ0n) is 14.7. The standard InChI is InChI=1S/C20H18FN3O3/c1-27-18-5-3-2-4-15(18)12-22-19(25)13-24-20(26)11-10-17(23-24)14-6-8-16(21)9-7-14/h2-11H,12-13H2,1H3,(H,22,25). The SMILES string of the molecule is COc1ccccc1CNC(=O)Cn1nc(-c2ccc(F)cc2)ccc1=O. The van der Waals surface area contributed by atoms with Gasteiger partial charge in [0.15, 0.2) is 0 Å². The van der Waals surface area contributed by atoms with E-state index in [0.717, 1.165) is 10.2 Å². The molecule has 0 fully saturated rings. The van der Waals surface area contributed by atoms with E-state index in [1.807, 2.05) is 18.2 Å². The summed E-state index contributed by atoms with van der Waals surface area (Å²) in [6, 6.07) is 16.0. The summed E-state index contributed by atoms with van der Waals surface area (Å²) < 4.78 is 19.4. The highest BCUT2D eigenvalue weighted by atomic mass is 19.1. The highest BCUT2D eigenvalue weighted by Gasteiger charge is 2.09. The molecular formula is C20H18FN3O3. The van der Waals surface area contributed by atoms with Crippen LogP contribution in [0, 0.1) is 5.82 Å². The second-order valence-corrected chi connectivity index (χ2v) is 5.81. The fourth-order valence-electron chi connectivity index (χ4n) is 2.57. The first kappa shape index (κ1) is 18.3. The molecule has 0 bridgehead atoms. The molecular weight excluding hydrogens is 349 g/mol. The Hall–Kier alpha value is -3.48. The van der Waals surface area contributed by atoms with Gasteiger partial charge in [0.05, 0.1) is 12.8 Å². The zero-order valence-corrected chi connectivity index (χ0v) is 14.7. The maximum Gasteiger partial charge on any atom is 0.267 e. The number of hydrogen-bond acceptors (Lipinski definition) is 4. The summed E-state index contributed by atoms with van der Waals surface area (Å²) in [4.78, 5) is 24.2. The van der Waals surface area contributed by atoms with Crippen molar-refractivity contribution in [2.45, 2.75) is 13.1 Å². The number of nitrogens with zero attached hydrogens (tertiary/aromatic N) is 2. The topological polar surface area (TPSA) is 73.2 Å². The third kappa shape index (κ3) is 4.58. The molecule has 0 spiro atoms. The number of hydrogen-bond donors (Lipinski definition) is 1. The van der Waals surface area contributed by atoms with Crippen LogP contribution in [0.1, 0.15) is 5.56 Å². The second-order valence-electron chi connectivity index (χ2n) is 5.81. The monoisotopic (exact) mass is 367 g/mol. The molecule has 27 heavy (non-hydrogen) atoms. The van der Waals surface area contributed by atoms with Crippen LogP contribution in [-0.2, 0) is 17.9 Å². The fourth-order valence-corrected chi connectivity index (χ4v) is 2.57. The van der Waals surface area contributed by atoms with Gasteiger partial charge in [-0.2, -0.15) is 5.10 Å². The molecule has 0 unspecified atom stereocenters. The first-order valence-corrected chi connectivity index (χ1v) is 8.29. The molecule has 2 aromatic carbocycles. The van der Waals surface area contributed by atoms with Crippen LogP contribution in [0.4, 0.5) is 4.39 Å². The number of ether oxygens (including phenoxy) is 1. The number of aromatic nitrogens is 2. The van der Waals surface area contributed by atoms with Crippen molar-refractivity contribution in [1.82, 2.24) is 15.1 Å². The third-order valence-corrected chi connectivity index (χ3v) is 3.97.